The lowest BCUT2D eigenvalue weighted by Gasteiger charge is -2.18. The summed E-state index contributed by atoms with van der Waals surface area (Å²) in [7, 11) is 2.87. The summed E-state index contributed by atoms with van der Waals surface area (Å²) in [5.41, 5.74) is 0.0552. The van der Waals surface area contributed by atoms with Crippen LogP contribution < -0.4 is 19.7 Å². The first-order chi connectivity index (χ1) is 13.0. The Bertz CT molecular complexity index is 965. The van der Waals surface area contributed by atoms with Gasteiger partial charge in [-0.1, -0.05) is 17.4 Å². The number of nitrogens with one attached hydrogen (secondary N) is 1. The van der Waals surface area contributed by atoms with Crippen LogP contribution in [0.4, 0.5) is 24.4 Å². The molecule has 0 saturated carbocycles. The van der Waals surface area contributed by atoms with E-state index in [1.807, 2.05) is 0 Å². The van der Waals surface area contributed by atoms with Gasteiger partial charge in [-0.05, 0) is 24.3 Å². The molecule has 0 bridgehead atoms. The molecule has 0 aliphatic carbocycles. The van der Waals surface area contributed by atoms with E-state index in [-0.39, 0.29) is 10.8 Å². The summed E-state index contributed by atoms with van der Waals surface area (Å²) in [5, 5.41) is 3.17. The van der Waals surface area contributed by atoms with Gasteiger partial charge in [0.05, 0.1) is 19.0 Å². The summed E-state index contributed by atoms with van der Waals surface area (Å²) >= 11 is 1.05. The maximum Gasteiger partial charge on any atom is 0.327 e. The Labute approximate surface area is 158 Å². The molecule has 2 amide bonds. The molecule has 0 unspecified atom stereocenters. The molecule has 0 aliphatic rings. The predicted octanol–water partition coefficient (Wildman–Crippen LogP) is 4.89. The van der Waals surface area contributed by atoms with E-state index in [9.17, 15) is 13.6 Å². The van der Waals surface area contributed by atoms with Crippen LogP contribution in [0.25, 0.3) is 0 Å². The second kappa shape index (κ2) is 8.00. The molecule has 0 saturated heterocycles. The quantitative estimate of drug-likeness (QED) is 0.673. The number of carbonyl (C=O) groups is 1. The van der Waals surface area contributed by atoms with Crippen LogP contribution >= 0.6 is 11.3 Å². The molecule has 3 aromatic rings. The summed E-state index contributed by atoms with van der Waals surface area (Å²) in [6.07, 6.45) is 1.40. The number of aromatic nitrogens is 1. The van der Waals surface area contributed by atoms with Crippen LogP contribution in [-0.2, 0) is 0 Å². The van der Waals surface area contributed by atoms with Gasteiger partial charge in [0.1, 0.15) is 23.1 Å². The second-order valence-corrected chi connectivity index (χ2v) is 6.34. The van der Waals surface area contributed by atoms with Crippen LogP contribution in [0.1, 0.15) is 0 Å². The number of ether oxygens (including phenoxy) is 2. The molecular formula is C18H15F2N3O3S. The highest BCUT2D eigenvalue weighted by atomic mass is 32.1. The maximum absolute atomic E-state index is 14.0. The van der Waals surface area contributed by atoms with E-state index in [1.54, 1.807) is 6.07 Å². The topological polar surface area (TPSA) is 63.7 Å². The number of rotatable bonds is 5. The van der Waals surface area contributed by atoms with Crippen LogP contribution in [-0.4, -0.2) is 25.2 Å². The van der Waals surface area contributed by atoms with Crippen molar-refractivity contribution in [3.05, 3.63) is 60.3 Å². The van der Waals surface area contributed by atoms with Crippen LogP contribution in [0.2, 0.25) is 0 Å². The van der Waals surface area contributed by atoms with Crippen molar-refractivity contribution in [2.24, 2.45) is 0 Å². The van der Waals surface area contributed by atoms with Gasteiger partial charge in [0.25, 0.3) is 0 Å². The number of methoxy groups -OCH3 is 1. The molecule has 0 fully saturated rings. The lowest BCUT2D eigenvalue weighted by Crippen LogP contribution is -2.31. The number of hydrogen-bond acceptors (Lipinski definition) is 5. The summed E-state index contributed by atoms with van der Waals surface area (Å²) in [6.45, 7) is 0. The fourth-order valence-corrected chi connectivity index (χ4v) is 2.85. The number of hydrogen-bond donors (Lipinski definition) is 1. The standard InChI is InChI=1S/C18H15F2N3O3S/c1-23(15-9-12(25-2)6-7-14(15)20)18(24)22-17-21-10-16(27-17)26-13-5-3-4-11(19)8-13/h3-10H,1-2H3,(H,21,22,24). The number of nitrogens with zero attached hydrogens (tertiary/aromatic N) is 2. The van der Waals surface area contributed by atoms with E-state index in [2.05, 4.69) is 10.3 Å². The minimum atomic E-state index is -0.589. The van der Waals surface area contributed by atoms with Crippen molar-refractivity contribution in [3.63, 3.8) is 0 Å². The molecule has 27 heavy (non-hydrogen) atoms. The van der Waals surface area contributed by atoms with Gasteiger partial charge in [-0.2, -0.15) is 0 Å². The average Bonchev–Trinajstić information content (AvgIpc) is 3.08. The Hall–Kier alpha value is -3.20. The highest BCUT2D eigenvalue weighted by Crippen LogP contribution is 2.31. The molecule has 0 radical (unpaired) electrons. The zero-order chi connectivity index (χ0) is 19.4. The average molecular weight is 391 g/mol. The van der Waals surface area contributed by atoms with Gasteiger partial charge in [-0.3, -0.25) is 10.2 Å². The summed E-state index contributed by atoms with van der Waals surface area (Å²) in [4.78, 5) is 17.5. The summed E-state index contributed by atoms with van der Waals surface area (Å²) in [5.74, 6) is -0.256. The van der Waals surface area contributed by atoms with Gasteiger partial charge < -0.3 is 9.47 Å². The zero-order valence-electron chi connectivity index (χ0n) is 14.4. The third-order valence-electron chi connectivity index (χ3n) is 3.53. The first kappa shape index (κ1) is 18.6. The molecule has 0 aliphatic heterocycles. The maximum atomic E-state index is 14.0. The Kier molecular flexibility index (Phi) is 5.51. The van der Waals surface area contributed by atoms with E-state index in [4.69, 9.17) is 9.47 Å². The van der Waals surface area contributed by atoms with Crippen LogP contribution in [0.15, 0.2) is 48.7 Å². The van der Waals surface area contributed by atoms with Crippen LogP contribution in [0.3, 0.4) is 0 Å². The number of carbonyl (C=O) groups excluding carboxylic acids is 1. The molecule has 9 heteroatoms. The Morgan fingerprint density at radius 1 is 1.19 bits per heavy atom. The van der Waals surface area contributed by atoms with E-state index in [0.29, 0.717) is 16.6 Å². The van der Waals surface area contributed by atoms with Crippen molar-refractivity contribution >= 4 is 28.2 Å². The molecule has 0 atom stereocenters. The first-order valence-electron chi connectivity index (χ1n) is 7.74. The monoisotopic (exact) mass is 391 g/mol. The zero-order valence-corrected chi connectivity index (χ0v) is 15.2. The number of benzene rings is 2. The molecule has 3 rings (SSSR count). The third-order valence-corrected chi connectivity index (χ3v) is 4.32. The van der Waals surface area contributed by atoms with Gasteiger partial charge in [-0.25, -0.2) is 18.6 Å². The van der Waals surface area contributed by atoms with E-state index in [0.717, 1.165) is 16.2 Å². The fourth-order valence-electron chi connectivity index (χ4n) is 2.17. The third kappa shape index (κ3) is 4.50. The molecule has 2 aromatic carbocycles. The molecule has 6 nitrogen and oxygen atoms in total. The van der Waals surface area contributed by atoms with Crippen molar-refractivity contribution < 1.29 is 23.0 Å². The Morgan fingerprint density at radius 2 is 2.00 bits per heavy atom. The van der Waals surface area contributed by atoms with Crippen molar-refractivity contribution in [2.45, 2.75) is 0 Å². The van der Waals surface area contributed by atoms with E-state index >= 15 is 0 Å². The smallest absolute Gasteiger partial charge is 0.327 e. The normalized spacial score (nSPS) is 10.4. The van der Waals surface area contributed by atoms with Gasteiger partial charge in [-0.15, -0.1) is 0 Å². The Balaban J connectivity index is 1.68. The van der Waals surface area contributed by atoms with Crippen LogP contribution in [0.5, 0.6) is 16.6 Å². The highest BCUT2D eigenvalue weighted by molar-refractivity contribution is 7.17. The predicted molar refractivity (Wildman–Crippen MR) is 99.0 cm³/mol. The van der Waals surface area contributed by atoms with Crippen molar-refractivity contribution in [1.82, 2.24) is 4.98 Å². The molecule has 1 heterocycles. The summed E-state index contributed by atoms with van der Waals surface area (Å²) in [6, 6.07) is 9.15. The SMILES string of the molecule is COc1ccc(F)c(N(C)C(=O)Nc2ncc(Oc3cccc(F)c3)s2)c1. The molecular weight excluding hydrogens is 376 g/mol. The number of thiazole rings is 1. The fraction of sp³-hybridized carbons (Fsp3) is 0.111. The van der Waals surface area contributed by atoms with Crippen LogP contribution in [0, 0.1) is 11.6 Å². The lowest BCUT2D eigenvalue weighted by molar-refractivity contribution is 0.258. The number of amides is 2. The van der Waals surface area contributed by atoms with Crippen molar-refractivity contribution in [2.75, 3.05) is 24.4 Å². The lowest BCUT2D eigenvalue weighted by atomic mass is 10.2. The molecule has 0 spiro atoms. The van der Waals surface area contributed by atoms with Gasteiger partial charge in [0.15, 0.2) is 5.13 Å². The second-order valence-electron chi connectivity index (χ2n) is 5.35. The van der Waals surface area contributed by atoms with E-state index < -0.39 is 17.7 Å². The molecule has 1 aromatic heterocycles. The van der Waals surface area contributed by atoms with Crippen molar-refractivity contribution in [3.8, 4) is 16.6 Å². The van der Waals surface area contributed by atoms with Crippen molar-refractivity contribution in [1.29, 1.82) is 0 Å². The Morgan fingerprint density at radius 3 is 2.74 bits per heavy atom. The van der Waals surface area contributed by atoms with Gasteiger partial charge in [0, 0.05) is 19.2 Å². The minimum absolute atomic E-state index is 0.0552. The molecule has 1 N–H and O–H groups in total. The highest BCUT2D eigenvalue weighted by Gasteiger charge is 2.17. The largest absolute Gasteiger partial charge is 0.497 e. The first-order valence-corrected chi connectivity index (χ1v) is 8.55. The molecule has 140 valence electrons. The minimum Gasteiger partial charge on any atom is -0.497 e. The van der Waals surface area contributed by atoms with Gasteiger partial charge >= 0.3 is 6.03 Å². The van der Waals surface area contributed by atoms with E-state index in [1.165, 1.54) is 56.8 Å². The number of anilines is 2. The summed E-state index contributed by atoms with van der Waals surface area (Å²) < 4.78 is 37.7. The van der Waals surface area contributed by atoms with Gasteiger partial charge in [0.2, 0.25) is 5.06 Å². The number of urea groups is 1. The number of halogens is 2.